The second-order valence-electron chi connectivity index (χ2n) is 9.67. The number of methoxy groups -OCH3 is 3. The Morgan fingerprint density at radius 3 is 2.06 bits per heavy atom. The molecule has 0 fully saturated rings. The number of carbonyl (C=O) groups is 1. The first-order valence-corrected chi connectivity index (χ1v) is 11.7. The molecule has 1 atom stereocenters. The van der Waals surface area contributed by atoms with Crippen LogP contribution in [0.15, 0.2) is 72.8 Å². The number of benzene rings is 3. The molecule has 0 aromatic heterocycles. The topological polar surface area (TPSA) is 48.0 Å². The molecule has 5 heteroatoms. The van der Waals surface area contributed by atoms with E-state index >= 15 is 0 Å². The quantitative estimate of drug-likeness (QED) is 0.399. The second kappa shape index (κ2) is 9.49. The molecule has 5 nitrogen and oxygen atoms in total. The highest BCUT2D eigenvalue weighted by Gasteiger charge is 2.47. The number of amides is 1. The van der Waals surface area contributed by atoms with Crippen LogP contribution in [0.5, 0.6) is 17.2 Å². The van der Waals surface area contributed by atoms with E-state index in [1.54, 1.807) is 33.5 Å². The molecule has 0 spiro atoms. The van der Waals surface area contributed by atoms with E-state index in [4.69, 9.17) is 14.2 Å². The molecule has 0 unspecified atom stereocenters. The van der Waals surface area contributed by atoms with E-state index in [0.29, 0.717) is 17.2 Å². The van der Waals surface area contributed by atoms with Crippen molar-refractivity contribution < 1.29 is 19.0 Å². The first-order chi connectivity index (χ1) is 16.7. The van der Waals surface area contributed by atoms with E-state index in [0.717, 1.165) is 23.2 Å². The third-order valence-corrected chi connectivity index (χ3v) is 6.87. The van der Waals surface area contributed by atoms with Gasteiger partial charge in [-0.25, -0.2) is 0 Å². The molecule has 35 heavy (non-hydrogen) atoms. The van der Waals surface area contributed by atoms with Crippen LogP contribution in [-0.4, -0.2) is 32.8 Å². The van der Waals surface area contributed by atoms with Crippen LogP contribution in [0.25, 0.3) is 6.08 Å². The third kappa shape index (κ3) is 4.39. The normalized spacial score (nSPS) is 18.7. The highest BCUT2D eigenvalue weighted by atomic mass is 16.5. The molecule has 0 aliphatic carbocycles. The van der Waals surface area contributed by atoms with Crippen LogP contribution in [0.2, 0.25) is 0 Å². The highest BCUT2D eigenvalue weighted by molar-refractivity contribution is 6.06. The zero-order valence-electron chi connectivity index (χ0n) is 21.3. The lowest BCUT2D eigenvalue weighted by Gasteiger charge is -2.51. The van der Waals surface area contributed by atoms with Gasteiger partial charge in [-0.2, -0.15) is 0 Å². The summed E-state index contributed by atoms with van der Waals surface area (Å²) in [5.41, 5.74) is 3.51. The van der Waals surface area contributed by atoms with Gasteiger partial charge in [0.2, 0.25) is 5.75 Å². The first-order valence-electron chi connectivity index (χ1n) is 11.7. The Morgan fingerprint density at radius 1 is 0.857 bits per heavy atom. The number of para-hydroxylation sites is 1. The van der Waals surface area contributed by atoms with Gasteiger partial charge in [0.15, 0.2) is 11.5 Å². The van der Waals surface area contributed by atoms with Crippen molar-refractivity contribution in [1.29, 1.82) is 0 Å². The van der Waals surface area contributed by atoms with E-state index in [2.05, 4.69) is 51.1 Å². The summed E-state index contributed by atoms with van der Waals surface area (Å²) in [4.78, 5) is 15.6. The molecule has 0 bridgehead atoms. The number of ether oxygens (including phenoxy) is 3. The number of fused-ring (bicyclic) bond motifs is 1. The van der Waals surface area contributed by atoms with Gasteiger partial charge in [-0.15, -0.1) is 0 Å². The van der Waals surface area contributed by atoms with Crippen LogP contribution in [0.1, 0.15) is 43.9 Å². The lowest BCUT2D eigenvalue weighted by Crippen LogP contribution is -2.55. The molecule has 0 saturated heterocycles. The zero-order valence-corrected chi connectivity index (χ0v) is 21.3. The lowest BCUT2D eigenvalue weighted by molar-refractivity contribution is -0.115. The SMILES string of the molecule is COc1cc(/C=C/C(=O)N2c3ccccc3[C@@](C)(c3ccccc3)CC2(C)C)cc(OC)c1OC. The van der Waals surface area contributed by atoms with Crippen molar-refractivity contribution in [2.24, 2.45) is 0 Å². The van der Waals surface area contributed by atoms with E-state index in [1.807, 2.05) is 41.3 Å². The predicted octanol–water partition coefficient (Wildman–Crippen LogP) is 6.25. The molecule has 1 heterocycles. The van der Waals surface area contributed by atoms with Gasteiger partial charge in [0.05, 0.1) is 21.3 Å². The standard InChI is InChI=1S/C30H33NO4/c1-29(2)20-30(3,22-12-8-7-9-13-22)23-14-10-11-15-24(23)31(29)27(32)17-16-21-18-25(33-4)28(35-6)26(19-21)34-5/h7-19H,20H2,1-6H3/b17-16+/t30-/m1/s1. The predicted molar refractivity (Wildman–Crippen MR) is 141 cm³/mol. The maximum absolute atomic E-state index is 13.7. The number of hydrogen-bond donors (Lipinski definition) is 0. The van der Waals surface area contributed by atoms with E-state index < -0.39 is 5.54 Å². The fourth-order valence-electron chi connectivity index (χ4n) is 5.42. The third-order valence-electron chi connectivity index (χ3n) is 6.87. The largest absolute Gasteiger partial charge is 0.493 e. The summed E-state index contributed by atoms with van der Waals surface area (Å²) in [6.07, 6.45) is 4.20. The van der Waals surface area contributed by atoms with Gasteiger partial charge in [-0.3, -0.25) is 4.79 Å². The molecule has 3 aromatic carbocycles. The molecular formula is C30H33NO4. The number of anilines is 1. The molecule has 0 N–H and O–H groups in total. The first kappa shape index (κ1) is 24.4. The van der Waals surface area contributed by atoms with Crippen LogP contribution in [0.3, 0.4) is 0 Å². The Kier molecular flexibility index (Phi) is 6.62. The van der Waals surface area contributed by atoms with Crippen LogP contribution < -0.4 is 19.1 Å². The molecule has 0 radical (unpaired) electrons. The smallest absolute Gasteiger partial charge is 0.251 e. The van der Waals surface area contributed by atoms with Crippen LogP contribution in [0, 0.1) is 0 Å². The van der Waals surface area contributed by atoms with Crippen molar-refractivity contribution in [2.45, 2.75) is 38.1 Å². The lowest BCUT2D eigenvalue weighted by atomic mass is 9.65. The molecule has 1 amide bonds. The Balaban J connectivity index is 1.74. The summed E-state index contributed by atoms with van der Waals surface area (Å²) >= 11 is 0. The summed E-state index contributed by atoms with van der Waals surface area (Å²) in [5.74, 6) is 1.53. The molecule has 0 saturated carbocycles. The van der Waals surface area contributed by atoms with Crippen LogP contribution in [-0.2, 0) is 10.2 Å². The van der Waals surface area contributed by atoms with E-state index in [-0.39, 0.29) is 11.3 Å². The monoisotopic (exact) mass is 471 g/mol. The van der Waals surface area contributed by atoms with Crippen molar-refractivity contribution in [3.05, 3.63) is 89.5 Å². The molecule has 1 aliphatic heterocycles. The fourth-order valence-corrected chi connectivity index (χ4v) is 5.42. The Labute approximate surface area is 207 Å². The minimum Gasteiger partial charge on any atom is -0.493 e. The zero-order chi connectivity index (χ0) is 25.2. The Morgan fingerprint density at radius 2 is 1.46 bits per heavy atom. The fraction of sp³-hybridized carbons (Fsp3) is 0.300. The van der Waals surface area contributed by atoms with Crippen LogP contribution in [0.4, 0.5) is 5.69 Å². The average molecular weight is 472 g/mol. The van der Waals surface area contributed by atoms with Gasteiger partial charge in [-0.1, -0.05) is 55.5 Å². The van der Waals surface area contributed by atoms with Gasteiger partial charge >= 0.3 is 0 Å². The molecule has 3 aromatic rings. The summed E-state index contributed by atoms with van der Waals surface area (Å²) < 4.78 is 16.3. The second-order valence-corrected chi connectivity index (χ2v) is 9.67. The Bertz CT molecular complexity index is 1220. The van der Waals surface area contributed by atoms with E-state index in [1.165, 1.54) is 5.56 Å². The number of hydrogen-bond acceptors (Lipinski definition) is 4. The van der Waals surface area contributed by atoms with Gasteiger partial charge < -0.3 is 19.1 Å². The Hall–Kier alpha value is -3.73. The molecular weight excluding hydrogens is 438 g/mol. The van der Waals surface area contributed by atoms with Crippen molar-refractivity contribution in [1.82, 2.24) is 0 Å². The molecule has 1 aliphatic rings. The molecule has 4 rings (SSSR count). The van der Waals surface area contributed by atoms with Crippen molar-refractivity contribution in [2.75, 3.05) is 26.2 Å². The number of rotatable bonds is 6. The highest BCUT2D eigenvalue weighted by Crippen LogP contribution is 2.50. The van der Waals surface area contributed by atoms with Gasteiger partial charge in [0, 0.05) is 22.7 Å². The minimum absolute atomic E-state index is 0.0775. The summed E-state index contributed by atoms with van der Waals surface area (Å²) in [5, 5.41) is 0. The van der Waals surface area contributed by atoms with Crippen molar-refractivity contribution in [3.63, 3.8) is 0 Å². The average Bonchev–Trinajstić information content (AvgIpc) is 2.86. The minimum atomic E-state index is -0.407. The summed E-state index contributed by atoms with van der Waals surface area (Å²) in [7, 11) is 4.72. The van der Waals surface area contributed by atoms with Gasteiger partial charge in [0.1, 0.15) is 0 Å². The number of nitrogens with zero attached hydrogens (tertiary/aromatic N) is 1. The van der Waals surface area contributed by atoms with E-state index in [9.17, 15) is 4.79 Å². The number of carbonyl (C=O) groups excluding carboxylic acids is 1. The maximum atomic E-state index is 13.7. The summed E-state index contributed by atoms with van der Waals surface area (Å²) in [6.45, 7) is 6.54. The molecule has 182 valence electrons. The summed E-state index contributed by atoms with van der Waals surface area (Å²) in [6, 6.07) is 22.4. The maximum Gasteiger partial charge on any atom is 0.251 e. The van der Waals surface area contributed by atoms with Gasteiger partial charge in [0.25, 0.3) is 5.91 Å². The van der Waals surface area contributed by atoms with Crippen molar-refractivity contribution >= 4 is 17.7 Å². The van der Waals surface area contributed by atoms with Gasteiger partial charge in [-0.05, 0) is 61.2 Å². The van der Waals surface area contributed by atoms with Crippen molar-refractivity contribution in [3.8, 4) is 17.2 Å². The van der Waals surface area contributed by atoms with Crippen LogP contribution >= 0.6 is 0 Å².